The van der Waals surface area contributed by atoms with E-state index in [1.54, 1.807) is 35.6 Å². The maximum absolute atomic E-state index is 12.6. The van der Waals surface area contributed by atoms with Gasteiger partial charge < -0.3 is 5.32 Å². The fraction of sp³-hybridized carbons (Fsp3) is 0.100. The molecule has 0 saturated heterocycles. The van der Waals surface area contributed by atoms with Crippen molar-refractivity contribution in [2.75, 3.05) is 0 Å². The number of hydrogen-bond acceptors (Lipinski definition) is 3. The summed E-state index contributed by atoms with van der Waals surface area (Å²) in [4.78, 5) is 13.7. The monoisotopic (exact) mass is 332 g/mol. The molecular formula is C20H16N2OS. The second kappa shape index (κ2) is 7.12. The van der Waals surface area contributed by atoms with Crippen molar-refractivity contribution in [1.29, 1.82) is 5.26 Å². The predicted molar refractivity (Wildman–Crippen MR) is 96.0 cm³/mol. The zero-order valence-electron chi connectivity index (χ0n) is 13.2. The quantitative estimate of drug-likeness (QED) is 0.767. The van der Waals surface area contributed by atoms with Crippen LogP contribution < -0.4 is 5.32 Å². The van der Waals surface area contributed by atoms with Crippen LogP contribution >= 0.6 is 11.3 Å². The van der Waals surface area contributed by atoms with Gasteiger partial charge >= 0.3 is 0 Å². The Morgan fingerprint density at radius 1 is 1.08 bits per heavy atom. The minimum absolute atomic E-state index is 0.154. The maximum atomic E-state index is 12.6. The van der Waals surface area contributed by atoms with E-state index in [1.807, 2.05) is 48.7 Å². The molecule has 24 heavy (non-hydrogen) atoms. The average Bonchev–Trinajstić information content (AvgIpc) is 3.15. The molecule has 0 radical (unpaired) electrons. The van der Waals surface area contributed by atoms with Crippen LogP contribution in [0.2, 0.25) is 0 Å². The third kappa shape index (κ3) is 3.53. The first-order valence-electron chi connectivity index (χ1n) is 7.58. The minimum atomic E-state index is -0.186. The maximum Gasteiger partial charge on any atom is 0.252 e. The Bertz CT molecular complexity index is 860. The standard InChI is InChI=1S/C20H16N2OS/c1-14-4-8-16(9-5-14)19(18-3-2-12-24-18)22-20(23)17-10-6-15(13-21)7-11-17/h2-12,19H,1H3,(H,22,23)/t19-/m0/s1. The Morgan fingerprint density at radius 2 is 1.79 bits per heavy atom. The molecule has 1 amide bonds. The second-order valence-electron chi connectivity index (χ2n) is 5.52. The number of carbonyl (C=O) groups is 1. The molecule has 3 aromatic rings. The van der Waals surface area contributed by atoms with E-state index in [-0.39, 0.29) is 11.9 Å². The lowest BCUT2D eigenvalue weighted by Crippen LogP contribution is -2.28. The Kier molecular flexibility index (Phi) is 4.74. The number of amides is 1. The third-order valence-electron chi connectivity index (χ3n) is 3.79. The van der Waals surface area contributed by atoms with E-state index in [2.05, 4.69) is 11.4 Å². The van der Waals surface area contributed by atoms with Gasteiger partial charge in [0.2, 0.25) is 0 Å². The molecule has 1 heterocycles. The predicted octanol–water partition coefficient (Wildman–Crippen LogP) is 4.45. The fourth-order valence-corrected chi connectivity index (χ4v) is 3.25. The van der Waals surface area contributed by atoms with Gasteiger partial charge in [-0.3, -0.25) is 4.79 Å². The first-order valence-corrected chi connectivity index (χ1v) is 8.46. The van der Waals surface area contributed by atoms with Crippen LogP contribution in [-0.2, 0) is 0 Å². The van der Waals surface area contributed by atoms with Crippen molar-refractivity contribution in [3.05, 3.63) is 93.2 Å². The van der Waals surface area contributed by atoms with Gasteiger partial charge in [-0.2, -0.15) is 5.26 Å². The number of hydrogen-bond donors (Lipinski definition) is 1. The van der Waals surface area contributed by atoms with Crippen molar-refractivity contribution >= 4 is 17.2 Å². The summed E-state index contributed by atoms with van der Waals surface area (Å²) >= 11 is 1.62. The molecule has 0 aliphatic heterocycles. The first-order chi connectivity index (χ1) is 11.7. The van der Waals surface area contributed by atoms with Crippen LogP contribution in [0.5, 0.6) is 0 Å². The highest BCUT2D eigenvalue weighted by molar-refractivity contribution is 7.10. The van der Waals surface area contributed by atoms with Gasteiger partial charge in [0.05, 0.1) is 17.7 Å². The van der Waals surface area contributed by atoms with Crippen molar-refractivity contribution in [2.45, 2.75) is 13.0 Å². The van der Waals surface area contributed by atoms with Crippen molar-refractivity contribution < 1.29 is 4.79 Å². The van der Waals surface area contributed by atoms with E-state index < -0.39 is 0 Å². The highest BCUT2D eigenvalue weighted by Gasteiger charge is 2.18. The third-order valence-corrected chi connectivity index (χ3v) is 4.73. The van der Waals surface area contributed by atoms with Crippen LogP contribution in [0.1, 0.15) is 38.0 Å². The van der Waals surface area contributed by atoms with E-state index in [4.69, 9.17) is 5.26 Å². The van der Waals surface area contributed by atoms with E-state index in [0.717, 1.165) is 10.4 Å². The number of aryl methyl sites for hydroxylation is 1. The van der Waals surface area contributed by atoms with Crippen molar-refractivity contribution in [2.24, 2.45) is 0 Å². The van der Waals surface area contributed by atoms with Crippen LogP contribution in [0.3, 0.4) is 0 Å². The molecule has 0 aliphatic carbocycles. The Labute approximate surface area is 145 Å². The molecule has 4 heteroatoms. The lowest BCUT2D eigenvalue weighted by molar-refractivity contribution is 0.0943. The Morgan fingerprint density at radius 3 is 2.38 bits per heavy atom. The number of carbonyl (C=O) groups excluding carboxylic acids is 1. The summed E-state index contributed by atoms with van der Waals surface area (Å²) in [5.74, 6) is -0.154. The zero-order chi connectivity index (χ0) is 16.9. The summed E-state index contributed by atoms with van der Waals surface area (Å²) < 4.78 is 0. The molecule has 2 aromatic carbocycles. The van der Waals surface area contributed by atoms with Crippen LogP contribution in [0.15, 0.2) is 66.0 Å². The number of rotatable bonds is 4. The summed E-state index contributed by atoms with van der Waals surface area (Å²) in [7, 11) is 0. The lowest BCUT2D eigenvalue weighted by atomic mass is 10.0. The summed E-state index contributed by atoms with van der Waals surface area (Å²) in [6.07, 6.45) is 0. The molecule has 3 nitrogen and oxygen atoms in total. The molecule has 0 bridgehead atoms. The van der Waals surface area contributed by atoms with Crippen LogP contribution in [-0.4, -0.2) is 5.91 Å². The van der Waals surface area contributed by atoms with Gasteiger partial charge in [0.15, 0.2) is 0 Å². The van der Waals surface area contributed by atoms with Gasteiger partial charge in [0.1, 0.15) is 0 Å². The van der Waals surface area contributed by atoms with Crippen LogP contribution in [0.25, 0.3) is 0 Å². The molecule has 1 atom stereocenters. The number of nitrogens with zero attached hydrogens (tertiary/aromatic N) is 1. The topological polar surface area (TPSA) is 52.9 Å². The van der Waals surface area contributed by atoms with E-state index in [9.17, 15) is 4.79 Å². The van der Waals surface area contributed by atoms with Crippen molar-refractivity contribution in [3.8, 4) is 6.07 Å². The normalized spacial score (nSPS) is 11.5. The average molecular weight is 332 g/mol. The molecule has 0 aliphatic rings. The summed E-state index contributed by atoms with van der Waals surface area (Å²) in [5, 5.41) is 14.0. The van der Waals surface area contributed by atoms with Gasteiger partial charge in [-0.25, -0.2) is 0 Å². The highest BCUT2D eigenvalue weighted by Crippen LogP contribution is 2.26. The minimum Gasteiger partial charge on any atom is -0.340 e. The Hall–Kier alpha value is -2.90. The molecule has 0 unspecified atom stereocenters. The van der Waals surface area contributed by atoms with Gasteiger partial charge in [0, 0.05) is 10.4 Å². The highest BCUT2D eigenvalue weighted by atomic mass is 32.1. The van der Waals surface area contributed by atoms with Gasteiger partial charge in [-0.05, 0) is 48.2 Å². The fourth-order valence-electron chi connectivity index (χ4n) is 2.44. The van der Waals surface area contributed by atoms with Gasteiger partial charge in [-0.1, -0.05) is 35.9 Å². The smallest absolute Gasteiger partial charge is 0.252 e. The van der Waals surface area contributed by atoms with Gasteiger partial charge in [-0.15, -0.1) is 11.3 Å². The second-order valence-corrected chi connectivity index (χ2v) is 6.50. The van der Waals surface area contributed by atoms with E-state index in [1.165, 1.54) is 5.56 Å². The van der Waals surface area contributed by atoms with Crippen LogP contribution in [0, 0.1) is 18.3 Å². The molecular weight excluding hydrogens is 316 g/mol. The molecule has 3 rings (SSSR count). The molecule has 0 saturated carbocycles. The van der Waals surface area contributed by atoms with Gasteiger partial charge in [0.25, 0.3) is 5.91 Å². The summed E-state index contributed by atoms with van der Waals surface area (Å²) in [6, 6.07) is 20.7. The van der Waals surface area contributed by atoms with E-state index in [0.29, 0.717) is 11.1 Å². The molecule has 1 N–H and O–H groups in total. The van der Waals surface area contributed by atoms with Crippen molar-refractivity contribution in [3.63, 3.8) is 0 Å². The summed E-state index contributed by atoms with van der Waals surface area (Å²) in [6.45, 7) is 2.04. The number of nitrogens with one attached hydrogen (secondary N) is 1. The summed E-state index contributed by atoms with van der Waals surface area (Å²) in [5.41, 5.74) is 3.31. The number of nitriles is 1. The number of benzene rings is 2. The van der Waals surface area contributed by atoms with Crippen LogP contribution in [0.4, 0.5) is 0 Å². The first kappa shape index (κ1) is 16.0. The molecule has 0 fully saturated rings. The Balaban J connectivity index is 1.87. The lowest BCUT2D eigenvalue weighted by Gasteiger charge is -2.18. The molecule has 1 aromatic heterocycles. The SMILES string of the molecule is Cc1ccc([C@H](NC(=O)c2ccc(C#N)cc2)c2cccs2)cc1. The molecule has 118 valence electrons. The number of thiophene rings is 1. The zero-order valence-corrected chi connectivity index (χ0v) is 14.0. The molecule has 0 spiro atoms. The van der Waals surface area contributed by atoms with E-state index >= 15 is 0 Å². The largest absolute Gasteiger partial charge is 0.340 e. The van der Waals surface area contributed by atoms with Crippen molar-refractivity contribution in [1.82, 2.24) is 5.32 Å².